The molecular formula is C11H9FN2O. The minimum atomic E-state index is -0.495. The molecule has 0 saturated heterocycles. The van der Waals surface area contributed by atoms with Crippen LogP contribution in [0.3, 0.4) is 0 Å². The van der Waals surface area contributed by atoms with E-state index in [1.165, 1.54) is 6.07 Å². The molecule has 0 amide bonds. The monoisotopic (exact) mass is 204 g/mol. The SMILES string of the molecule is OCc1nc(-c2cccnc2)ccc1F. The Balaban J connectivity index is 2.46. The minimum absolute atomic E-state index is 0.0522. The summed E-state index contributed by atoms with van der Waals surface area (Å²) in [7, 11) is 0. The van der Waals surface area contributed by atoms with Crippen molar-refractivity contribution in [2.24, 2.45) is 0 Å². The summed E-state index contributed by atoms with van der Waals surface area (Å²) in [6, 6.07) is 6.46. The van der Waals surface area contributed by atoms with Crippen molar-refractivity contribution in [2.75, 3.05) is 0 Å². The molecule has 0 fully saturated rings. The lowest BCUT2D eigenvalue weighted by Crippen LogP contribution is -1.96. The molecule has 4 heteroatoms. The zero-order valence-corrected chi connectivity index (χ0v) is 7.89. The van der Waals surface area contributed by atoms with E-state index < -0.39 is 12.4 Å². The van der Waals surface area contributed by atoms with E-state index in [-0.39, 0.29) is 5.69 Å². The molecule has 2 rings (SSSR count). The Labute approximate surface area is 86.3 Å². The van der Waals surface area contributed by atoms with Gasteiger partial charge in [0.15, 0.2) is 0 Å². The van der Waals surface area contributed by atoms with Gasteiger partial charge in [-0.1, -0.05) is 0 Å². The number of pyridine rings is 2. The molecule has 0 radical (unpaired) electrons. The molecule has 2 heterocycles. The van der Waals surface area contributed by atoms with Crippen molar-refractivity contribution in [3.05, 3.63) is 48.2 Å². The van der Waals surface area contributed by atoms with Crippen molar-refractivity contribution in [3.63, 3.8) is 0 Å². The van der Waals surface area contributed by atoms with Gasteiger partial charge in [-0.2, -0.15) is 0 Å². The first kappa shape index (κ1) is 9.73. The molecule has 0 aliphatic carbocycles. The molecular weight excluding hydrogens is 195 g/mol. The third kappa shape index (κ3) is 1.99. The Hall–Kier alpha value is -1.81. The van der Waals surface area contributed by atoms with Crippen LogP contribution in [-0.2, 0) is 6.61 Å². The molecule has 0 bridgehead atoms. The predicted octanol–water partition coefficient (Wildman–Crippen LogP) is 1.77. The van der Waals surface area contributed by atoms with Crippen LogP contribution in [0.15, 0.2) is 36.7 Å². The molecule has 0 unspecified atom stereocenters. The number of rotatable bonds is 2. The van der Waals surface area contributed by atoms with E-state index in [4.69, 9.17) is 5.11 Å². The van der Waals surface area contributed by atoms with Crippen molar-refractivity contribution >= 4 is 0 Å². The van der Waals surface area contributed by atoms with Crippen LogP contribution in [0.5, 0.6) is 0 Å². The van der Waals surface area contributed by atoms with E-state index in [0.29, 0.717) is 5.69 Å². The van der Waals surface area contributed by atoms with Crippen LogP contribution in [-0.4, -0.2) is 15.1 Å². The van der Waals surface area contributed by atoms with Crippen LogP contribution in [0.1, 0.15) is 5.69 Å². The molecule has 0 atom stereocenters. The van der Waals surface area contributed by atoms with Gasteiger partial charge in [0.05, 0.1) is 12.3 Å². The van der Waals surface area contributed by atoms with Gasteiger partial charge in [0, 0.05) is 18.0 Å². The van der Waals surface area contributed by atoms with Crippen LogP contribution in [0.2, 0.25) is 0 Å². The Bertz CT molecular complexity index is 459. The maximum absolute atomic E-state index is 13.0. The molecule has 2 aromatic rings. The summed E-state index contributed by atoms with van der Waals surface area (Å²) in [6.07, 6.45) is 3.29. The number of aliphatic hydroxyl groups is 1. The maximum Gasteiger partial charge on any atom is 0.147 e. The molecule has 1 N–H and O–H groups in total. The summed E-state index contributed by atoms with van der Waals surface area (Å²) >= 11 is 0. The van der Waals surface area contributed by atoms with Gasteiger partial charge in [0.25, 0.3) is 0 Å². The van der Waals surface area contributed by atoms with Gasteiger partial charge >= 0.3 is 0 Å². The molecule has 76 valence electrons. The second kappa shape index (κ2) is 4.14. The lowest BCUT2D eigenvalue weighted by molar-refractivity contribution is 0.270. The fourth-order valence-electron chi connectivity index (χ4n) is 1.27. The van der Waals surface area contributed by atoms with Gasteiger partial charge in [0.1, 0.15) is 11.5 Å². The maximum atomic E-state index is 13.0. The second-order valence-corrected chi connectivity index (χ2v) is 3.02. The van der Waals surface area contributed by atoms with E-state index in [0.717, 1.165) is 5.56 Å². The fraction of sp³-hybridized carbons (Fsp3) is 0.0909. The first-order chi connectivity index (χ1) is 7.31. The average Bonchev–Trinajstić information content (AvgIpc) is 2.31. The van der Waals surface area contributed by atoms with Crippen molar-refractivity contribution in [3.8, 4) is 11.3 Å². The Morgan fingerprint density at radius 2 is 2.13 bits per heavy atom. The lowest BCUT2D eigenvalue weighted by atomic mass is 10.2. The molecule has 0 aliphatic heterocycles. The van der Waals surface area contributed by atoms with Gasteiger partial charge in [-0.15, -0.1) is 0 Å². The average molecular weight is 204 g/mol. The number of nitrogens with zero attached hydrogens (tertiary/aromatic N) is 2. The lowest BCUT2D eigenvalue weighted by Gasteiger charge is -2.03. The number of hydrogen-bond donors (Lipinski definition) is 1. The molecule has 0 aliphatic rings. The zero-order valence-electron chi connectivity index (χ0n) is 7.89. The second-order valence-electron chi connectivity index (χ2n) is 3.02. The summed E-state index contributed by atoms with van der Waals surface area (Å²) in [4.78, 5) is 7.94. The summed E-state index contributed by atoms with van der Waals surface area (Å²) in [6.45, 7) is -0.403. The number of aliphatic hydroxyl groups excluding tert-OH is 1. The van der Waals surface area contributed by atoms with Gasteiger partial charge < -0.3 is 5.11 Å². The standard InChI is InChI=1S/C11H9FN2O/c12-9-3-4-10(14-11(9)7-15)8-2-1-5-13-6-8/h1-6,15H,7H2. The Morgan fingerprint density at radius 3 is 2.80 bits per heavy atom. The van der Waals surface area contributed by atoms with Crippen molar-refractivity contribution in [1.82, 2.24) is 9.97 Å². The predicted molar refractivity (Wildman–Crippen MR) is 53.3 cm³/mol. The molecule has 2 aromatic heterocycles. The third-order valence-electron chi connectivity index (χ3n) is 2.03. The van der Waals surface area contributed by atoms with Crippen LogP contribution < -0.4 is 0 Å². The highest BCUT2D eigenvalue weighted by Crippen LogP contribution is 2.17. The van der Waals surface area contributed by atoms with Crippen LogP contribution in [0.25, 0.3) is 11.3 Å². The first-order valence-corrected chi connectivity index (χ1v) is 4.48. The van der Waals surface area contributed by atoms with Crippen molar-refractivity contribution in [1.29, 1.82) is 0 Å². The van der Waals surface area contributed by atoms with Gasteiger partial charge in [-0.3, -0.25) is 4.98 Å². The smallest absolute Gasteiger partial charge is 0.147 e. The normalized spacial score (nSPS) is 10.3. The molecule has 0 spiro atoms. The van der Waals surface area contributed by atoms with Crippen molar-refractivity contribution < 1.29 is 9.50 Å². The highest BCUT2D eigenvalue weighted by Gasteiger charge is 2.05. The number of halogens is 1. The Morgan fingerprint density at radius 1 is 1.27 bits per heavy atom. The summed E-state index contributed by atoms with van der Waals surface area (Å²) < 4.78 is 13.0. The quantitative estimate of drug-likeness (QED) is 0.810. The van der Waals surface area contributed by atoms with E-state index in [2.05, 4.69) is 9.97 Å². The van der Waals surface area contributed by atoms with Crippen LogP contribution >= 0.6 is 0 Å². The zero-order chi connectivity index (χ0) is 10.7. The highest BCUT2D eigenvalue weighted by atomic mass is 19.1. The topological polar surface area (TPSA) is 46.0 Å². The van der Waals surface area contributed by atoms with Crippen molar-refractivity contribution in [2.45, 2.75) is 6.61 Å². The third-order valence-corrected chi connectivity index (χ3v) is 2.03. The van der Waals surface area contributed by atoms with E-state index in [1.54, 1.807) is 24.5 Å². The number of aromatic nitrogens is 2. The summed E-state index contributed by atoms with van der Waals surface area (Å²) in [5.41, 5.74) is 1.46. The van der Waals surface area contributed by atoms with Crippen LogP contribution in [0.4, 0.5) is 4.39 Å². The molecule has 0 aromatic carbocycles. The number of hydrogen-bond acceptors (Lipinski definition) is 3. The van der Waals surface area contributed by atoms with Gasteiger partial charge in [0.2, 0.25) is 0 Å². The van der Waals surface area contributed by atoms with E-state index in [9.17, 15) is 4.39 Å². The van der Waals surface area contributed by atoms with Gasteiger partial charge in [-0.25, -0.2) is 9.37 Å². The minimum Gasteiger partial charge on any atom is -0.390 e. The van der Waals surface area contributed by atoms with E-state index in [1.807, 2.05) is 6.07 Å². The largest absolute Gasteiger partial charge is 0.390 e. The molecule has 15 heavy (non-hydrogen) atoms. The highest BCUT2D eigenvalue weighted by molar-refractivity contribution is 5.57. The summed E-state index contributed by atoms with van der Waals surface area (Å²) in [5, 5.41) is 8.87. The first-order valence-electron chi connectivity index (χ1n) is 4.48. The van der Waals surface area contributed by atoms with E-state index >= 15 is 0 Å². The van der Waals surface area contributed by atoms with Gasteiger partial charge in [-0.05, 0) is 24.3 Å². The Kier molecular flexibility index (Phi) is 2.69. The summed E-state index contributed by atoms with van der Waals surface area (Å²) in [5.74, 6) is -0.495. The fourth-order valence-corrected chi connectivity index (χ4v) is 1.27. The molecule has 3 nitrogen and oxygen atoms in total. The molecule has 0 saturated carbocycles. The van der Waals surface area contributed by atoms with Crippen LogP contribution in [0, 0.1) is 5.82 Å².